The first-order chi connectivity index (χ1) is 8.86. The number of carboxylic acid groups (broad SMARTS) is 1. The molecular weight excluding hydrogens is 248 g/mol. The van der Waals surface area contributed by atoms with Gasteiger partial charge < -0.3 is 10.4 Å². The van der Waals surface area contributed by atoms with Gasteiger partial charge in [0.2, 0.25) is 0 Å². The molecule has 2 rings (SSSR count). The van der Waals surface area contributed by atoms with Gasteiger partial charge in [0.1, 0.15) is 5.54 Å². The van der Waals surface area contributed by atoms with Crippen molar-refractivity contribution in [3.05, 3.63) is 0 Å². The average molecular weight is 268 g/mol. The van der Waals surface area contributed by atoms with E-state index in [0.717, 1.165) is 12.8 Å². The van der Waals surface area contributed by atoms with E-state index >= 15 is 0 Å². The third-order valence-electron chi connectivity index (χ3n) is 4.06. The van der Waals surface area contributed by atoms with E-state index in [0.29, 0.717) is 18.8 Å². The van der Waals surface area contributed by atoms with E-state index in [4.69, 9.17) is 5.11 Å². The molecule has 3 atom stereocenters. The van der Waals surface area contributed by atoms with E-state index in [1.165, 1.54) is 0 Å². The molecule has 2 fully saturated rings. The van der Waals surface area contributed by atoms with E-state index in [2.05, 4.69) is 24.5 Å². The number of aliphatic carboxylic acids is 1. The van der Waals surface area contributed by atoms with Gasteiger partial charge in [-0.25, -0.2) is 4.79 Å². The Balaban J connectivity index is 2.09. The number of rotatable bonds is 6. The number of imide groups is 1. The maximum atomic E-state index is 12.0. The maximum absolute atomic E-state index is 12.0. The summed E-state index contributed by atoms with van der Waals surface area (Å²) in [6.07, 6.45) is 2.73. The lowest BCUT2D eigenvalue weighted by atomic mass is 9.85. The van der Waals surface area contributed by atoms with Gasteiger partial charge in [-0.05, 0) is 18.8 Å². The van der Waals surface area contributed by atoms with Crippen molar-refractivity contribution in [2.45, 2.75) is 45.1 Å². The van der Waals surface area contributed by atoms with Crippen molar-refractivity contribution < 1.29 is 19.5 Å². The number of carbonyl (C=O) groups excluding carboxylic acids is 2. The van der Waals surface area contributed by atoms with Crippen molar-refractivity contribution >= 4 is 17.9 Å². The normalized spacial score (nSPS) is 33.2. The van der Waals surface area contributed by atoms with Crippen LogP contribution in [0.15, 0.2) is 0 Å². The van der Waals surface area contributed by atoms with Gasteiger partial charge in [-0.15, -0.1) is 0 Å². The second-order valence-corrected chi connectivity index (χ2v) is 5.95. The summed E-state index contributed by atoms with van der Waals surface area (Å²) in [5.74, 6) is -1.52. The minimum atomic E-state index is -1.00. The van der Waals surface area contributed by atoms with Crippen LogP contribution in [0.2, 0.25) is 0 Å². The predicted molar refractivity (Wildman–Crippen MR) is 67.3 cm³/mol. The first-order valence-corrected chi connectivity index (χ1v) is 6.73. The van der Waals surface area contributed by atoms with E-state index in [1.807, 2.05) is 0 Å². The molecule has 0 spiro atoms. The molecule has 0 aromatic rings. The Hall–Kier alpha value is -1.59. The highest BCUT2D eigenvalue weighted by Crippen LogP contribution is 2.49. The number of hydrogen-bond acceptors (Lipinski definition) is 3. The summed E-state index contributed by atoms with van der Waals surface area (Å²) in [7, 11) is 0. The van der Waals surface area contributed by atoms with Crippen molar-refractivity contribution in [1.29, 1.82) is 0 Å². The Morgan fingerprint density at radius 2 is 2.16 bits per heavy atom. The summed E-state index contributed by atoms with van der Waals surface area (Å²) in [5.41, 5.74) is -1.00. The minimum absolute atomic E-state index is 0.274. The fourth-order valence-corrected chi connectivity index (χ4v) is 2.93. The first-order valence-electron chi connectivity index (χ1n) is 6.73. The number of urea groups is 1. The van der Waals surface area contributed by atoms with Crippen molar-refractivity contribution in [3.8, 4) is 0 Å². The smallest absolute Gasteiger partial charge is 0.322 e. The van der Waals surface area contributed by atoms with Crippen molar-refractivity contribution in [3.63, 3.8) is 0 Å². The highest BCUT2D eigenvalue weighted by molar-refractivity contribution is 6.07. The van der Waals surface area contributed by atoms with Crippen LogP contribution in [0.3, 0.4) is 0 Å². The molecule has 0 aromatic heterocycles. The molecule has 6 nitrogen and oxygen atoms in total. The Morgan fingerprint density at radius 1 is 1.47 bits per heavy atom. The Bertz CT molecular complexity index is 421. The summed E-state index contributed by atoms with van der Waals surface area (Å²) in [6.45, 7) is 4.19. The van der Waals surface area contributed by atoms with Crippen LogP contribution in [0.1, 0.15) is 39.5 Å². The molecule has 1 aliphatic heterocycles. The van der Waals surface area contributed by atoms with Crippen molar-refractivity contribution in [1.82, 2.24) is 10.6 Å². The molecule has 19 heavy (non-hydrogen) atoms. The SMILES string of the molecule is CC(C)CCCC1([C@H]2C[C@@H]2C(=O)O)NC(=O)NC1=O. The molecule has 0 bridgehead atoms. The van der Waals surface area contributed by atoms with Gasteiger partial charge in [-0.1, -0.05) is 26.7 Å². The largest absolute Gasteiger partial charge is 0.481 e. The van der Waals surface area contributed by atoms with Gasteiger partial charge in [0, 0.05) is 5.92 Å². The van der Waals surface area contributed by atoms with Crippen LogP contribution in [0.25, 0.3) is 0 Å². The fourth-order valence-electron chi connectivity index (χ4n) is 2.93. The van der Waals surface area contributed by atoms with Gasteiger partial charge in [0.25, 0.3) is 5.91 Å². The highest BCUT2D eigenvalue weighted by atomic mass is 16.4. The zero-order valence-corrected chi connectivity index (χ0v) is 11.2. The molecule has 1 heterocycles. The molecular formula is C13H20N2O4. The fraction of sp³-hybridized carbons (Fsp3) is 0.769. The standard InChI is InChI=1S/C13H20N2O4/c1-7(2)4-3-5-13(9-6-8(9)10(16)17)11(18)14-12(19)15-13/h7-9H,3-6H2,1-2H3,(H,16,17)(H2,14,15,18,19)/t8-,9-,13?/m0/s1. The van der Waals surface area contributed by atoms with E-state index in [1.54, 1.807) is 0 Å². The zero-order valence-electron chi connectivity index (χ0n) is 11.2. The topological polar surface area (TPSA) is 95.5 Å². The van der Waals surface area contributed by atoms with Crippen LogP contribution >= 0.6 is 0 Å². The Kier molecular flexibility index (Phi) is 3.52. The van der Waals surface area contributed by atoms with Crippen molar-refractivity contribution in [2.75, 3.05) is 0 Å². The molecule has 3 amide bonds. The van der Waals surface area contributed by atoms with Crippen LogP contribution in [-0.4, -0.2) is 28.6 Å². The number of hydrogen-bond donors (Lipinski definition) is 3. The van der Waals surface area contributed by atoms with Gasteiger partial charge in [0.15, 0.2) is 0 Å². The van der Waals surface area contributed by atoms with Crippen LogP contribution in [0.4, 0.5) is 4.79 Å². The monoisotopic (exact) mass is 268 g/mol. The van der Waals surface area contributed by atoms with Crippen LogP contribution in [0, 0.1) is 17.8 Å². The van der Waals surface area contributed by atoms with Crippen LogP contribution < -0.4 is 10.6 Å². The third kappa shape index (κ3) is 2.57. The highest BCUT2D eigenvalue weighted by Gasteiger charge is 2.62. The Labute approximate surface area is 111 Å². The second kappa shape index (κ2) is 4.83. The quantitative estimate of drug-likeness (QED) is 0.629. The lowest BCUT2D eigenvalue weighted by molar-refractivity contribution is -0.139. The first kappa shape index (κ1) is 13.8. The molecule has 1 aliphatic carbocycles. The van der Waals surface area contributed by atoms with Crippen molar-refractivity contribution in [2.24, 2.45) is 17.8 Å². The average Bonchev–Trinajstić information content (AvgIpc) is 3.02. The molecule has 1 saturated heterocycles. The lowest BCUT2D eigenvalue weighted by Crippen LogP contribution is -2.50. The molecule has 3 N–H and O–H groups in total. The second-order valence-electron chi connectivity index (χ2n) is 5.95. The van der Waals surface area contributed by atoms with E-state index < -0.39 is 23.5 Å². The number of carbonyl (C=O) groups is 3. The van der Waals surface area contributed by atoms with Gasteiger partial charge in [0.05, 0.1) is 5.92 Å². The lowest BCUT2D eigenvalue weighted by Gasteiger charge is -2.26. The molecule has 1 saturated carbocycles. The van der Waals surface area contributed by atoms with Crippen LogP contribution in [0.5, 0.6) is 0 Å². The predicted octanol–water partition coefficient (Wildman–Crippen LogP) is 1.11. The van der Waals surface area contributed by atoms with Gasteiger partial charge >= 0.3 is 12.0 Å². The zero-order chi connectivity index (χ0) is 14.2. The molecule has 0 aromatic carbocycles. The number of carboxylic acids is 1. The number of nitrogens with one attached hydrogen (secondary N) is 2. The third-order valence-corrected chi connectivity index (χ3v) is 4.06. The van der Waals surface area contributed by atoms with Gasteiger partial charge in [-0.2, -0.15) is 0 Å². The summed E-state index contributed by atoms with van der Waals surface area (Å²) >= 11 is 0. The molecule has 0 radical (unpaired) electrons. The summed E-state index contributed by atoms with van der Waals surface area (Å²) < 4.78 is 0. The van der Waals surface area contributed by atoms with Crippen LogP contribution in [-0.2, 0) is 9.59 Å². The van der Waals surface area contributed by atoms with E-state index in [9.17, 15) is 14.4 Å². The Morgan fingerprint density at radius 3 is 2.58 bits per heavy atom. The van der Waals surface area contributed by atoms with Gasteiger partial charge in [-0.3, -0.25) is 14.9 Å². The number of amides is 3. The summed E-state index contributed by atoms with van der Waals surface area (Å²) in [6, 6.07) is -0.509. The molecule has 1 unspecified atom stereocenters. The summed E-state index contributed by atoms with van der Waals surface area (Å²) in [4.78, 5) is 34.4. The summed E-state index contributed by atoms with van der Waals surface area (Å²) in [5, 5.41) is 13.9. The van der Waals surface area contributed by atoms with E-state index in [-0.39, 0.29) is 11.8 Å². The molecule has 2 aliphatic rings. The maximum Gasteiger partial charge on any atom is 0.322 e. The molecule has 6 heteroatoms. The molecule has 106 valence electrons. The minimum Gasteiger partial charge on any atom is -0.481 e.